The zero-order valence-electron chi connectivity index (χ0n) is 16.7. The quantitative estimate of drug-likeness (QED) is 0.339. The molecule has 31 heavy (non-hydrogen) atoms. The molecule has 0 bridgehead atoms. The standard InChI is InChI=1S/C24H17FO6/c1-28-15-8-7-14(20(12-15)29-2)11-22-23(26)18-10-9-16(13-21(18)31-22)30-24(27)17-5-3-4-6-19(17)25/h3-13H,1-2H3/b22-11-. The molecule has 0 saturated carbocycles. The number of hydrogen-bond acceptors (Lipinski definition) is 6. The van der Waals surface area contributed by atoms with Crippen molar-refractivity contribution in [2.24, 2.45) is 0 Å². The highest BCUT2D eigenvalue weighted by Crippen LogP contribution is 2.36. The predicted octanol–water partition coefficient (Wildman–Crippen LogP) is 4.68. The molecule has 0 atom stereocenters. The number of methoxy groups -OCH3 is 2. The van der Waals surface area contributed by atoms with E-state index in [0.29, 0.717) is 22.6 Å². The maximum absolute atomic E-state index is 13.8. The molecule has 0 fully saturated rings. The zero-order valence-corrected chi connectivity index (χ0v) is 16.7. The number of benzene rings is 3. The van der Waals surface area contributed by atoms with Crippen LogP contribution in [-0.2, 0) is 0 Å². The molecule has 4 rings (SSSR count). The summed E-state index contributed by atoms with van der Waals surface area (Å²) in [4.78, 5) is 24.9. The first-order chi connectivity index (χ1) is 15.0. The first-order valence-corrected chi connectivity index (χ1v) is 9.27. The molecule has 1 aliphatic heterocycles. The Morgan fingerprint density at radius 1 is 0.968 bits per heavy atom. The summed E-state index contributed by atoms with van der Waals surface area (Å²) in [5.74, 6) is -0.262. The zero-order chi connectivity index (χ0) is 22.0. The van der Waals surface area contributed by atoms with Crippen molar-refractivity contribution >= 4 is 17.8 Å². The van der Waals surface area contributed by atoms with Gasteiger partial charge in [-0.2, -0.15) is 0 Å². The van der Waals surface area contributed by atoms with Crippen LogP contribution in [-0.4, -0.2) is 26.0 Å². The van der Waals surface area contributed by atoms with E-state index >= 15 is 0 Å². The number of esters is 1. The topological polar surface area (TPSA) is 71.1 Å². The summed E-state index contributed by atoms with van der Waals surface area (Å²) in [5, 5.41) is 0. The van der Waals surface area contributed by atoms with Gasteiger partial charge < -0.3 is 18.9 Å². The molecule has 156 valence electrons. The third kappa shape index (κ3) is 3.98. The van der Waals surface area contributed by atoms with E-state index in [1.165, 1.54) is 49.6 Å². The van der Waals surface area contributed by atoms with Gasteiger partial charge in [0.15, 0.2) is 5.76 Å². The number of fused-ring (bicyclic) bond motifs is 1. The van der Waals surface area contributed by atoms with E-state index in [9.17, 15) is 14.0 Å². The Morgan fingerprint density at radius 2 is 1.74 bits per heavy atom. The number of allylic oxidation sites excluding steroid dienone is 1. The van der Waals surface area contributed by atoms with Crippen LogP contribution in [0.15, 0.2) is 66.4 Å². The van der Waals surface area contributed by atoms with Gasteiger partial charge in [-0.1, -0.05) is 12.1 Å². The summed E-state index contributed by atoms with van der Waals surface area (Å²) in [6.07, 6.45) is 1.56. The summed E-state index contributed by atoms with van der Waals surface area (Å²) in [5.41, 5.74) is 0.766. The Morgan fingerprint density at radius 3 is 2.48 bits per heavy atom. The first kappa shape index (κ1) is 20.2. The monoisotopic (exact) mass is 420 g/mol. The molecule has 3 aromatic carbocycles. The van der Waals surface area contributed by atoms with E-state index in [4.69, 9.17) is 18.9 Å². The van der Waals surface area contributed by atoms with Crippen LogP contribution in [0.1, 0.15) is 26.3 Å². The lowest BCUT2D eigenvalue weighted by Gasteiger charge is -2.08. The average molecular weight is 420 g/mol. The number of rotatable bonds is 5. The fourth-order valence-corrected chi connectivity index (χ4v) is 3.10. The molecule has 1 heterocycles. The van der Waals surface area contributed by atoms with Crippen molar-refractivity contribution in [1.29, 1.82) is 0 Å². The van der Waals surface area contributed by atoms with Crippen molar-refractivity contribution in [3.63, 3.8) is 0 Å². The molecule has 0 radical (unpaired) electrons. The van der Waals surface area contributed by atoms with Crippen molar-refractivity contribution in [3.05, 3.63) is 88.9 Å². The van der Waals surface area contributed by atoms with Gasteiger partial charge in [-0.05, 0) is 42.5 Å². The highest BCUT2D eigenvalue weighted by molar-refractivity contribution is 6.14. The maximum Gasteiger partial charge on any atom is 0.346 e. The second-order valence-corrected chi connectivity index (χ2v) is 6.57. The molecule has 0 unspecified atom stereocenters. The summed E-state index contributed by atoms with van der Waals surface area (Å²) < 4.78 is 35.2. The Balaban J connectivity index is 1.58. The van der Waals surface area contributed by atoms with Crippen molar-refractivity contribution < 1.29 is 32.9 Å². The average Bonchev–Trinajstić information content (AvgIpc) is 3.08. The second-order valence-electron chi connectivity index (χ2n) is 6.57. The molecule has 7 heteroatoms. The molecule has 0 aliphatic carbocycles. The molecule has 0 aromatic heterocycles. The van der Waals surface area contributed by atoms with Crippen LogP contribution in [0.2, 0.25) is 0 Å². The minimum atomic E-state index is -0.846. The summed E-state index contributed by atoms with van der Waals surface area (Å²) in [7, 11) is 3.06. The van der Waals surface area contributed by atoms with Crippen LogP contribution in [0.5, 0.6) is 23.0 Å². The lowest BCUT2D eigenvalue weighted by atomic mass is 10.1. The summed E-state index contributed by atoms with van der Waals surface area (Å²) >= 11 is 0. The van der Waals surface area contributed by atoms with E-state index in [1.54, 1.807) is 31.4 Å². The van der Waals surface area contributed by atoms with E-state index < -0.39 is 11.8 Å². The third-order valence-corrected chi connectivity index (χ3v) is 4.67. The molecule has 0 saturated heterocycles. The molecule has 0 amide bonds. The normalized spacial score (nSPS) is 13.5. The van der Waals surface area contributed by atoms with Gasteiger partial charge in [-0.15, -0.1) is 0 Å². The van der Waals surface area contributed by atoms with Crippen LogP contribution in [0.3, 0.4) is 0 Å². The van der Waals surface area contributed by atoms with E-state index in [2.05, 4.69) is 0 Å². The van der Waals surface area contributed by atoms with Crippen LogP contribution in [0.25, 0.3) is 6.08 Å². The predicted molar refractivity (Wildman–Crippen MR) is 110 cm³/mol. The van der Waals surface area contributed by atoms with Crippen molar-refractivity contribution in [2.75, 3.05) is 14.2 Å². The summed E-state index contributed by atoms with van der Waals surface area (Å²) in [6.45, 7) is 0. The Kier molecular flexibility index (Phi) is 5.41. The van der Waals surface area contributed by atoms with E-state index in [-0.39, 0.29) is 28.6 Å². The minimum Gasteiger partial charge on any atom is -0.497 e. The molecule has 1 aliphatic rings. The van der Waals surface area contributed by atoms with Gasteiger partial charge >= 0.3 is 5.97 Å². The molecule has 0 spiro atoms. The summed E-state index contributed by atoms with van der Waals surface area (Å²) in [6, 6.07) is 15.1. The van der Waals surface area contributed by atoms with Crippen LogP contribution >= 0.6 is 0 Å². The van der Waals surface area contributed by atoms with Crippen molar-refractivity contribution in [2.45, 2.75) is 0 Å². The van der Waals surface area contributed by atoms with Gasteiger partial charge in [-0.3, -0.25) is 4.79 Å². The molecule has 3 aromatic rings. The Hall–Kier alpha value is -4.13. The van der Waals surface area contributed by atoms with Gasteiger partial charge in [0, 0.05) is 17.7 Å². The smallest absolute Gasteiger partial charge is 0.346 e. The number of carbonyl (C=O) groups excluding carboxylic acids is 2. The highest BCUT2D eigenvalue weighted by Gasteiger charge is 2.28. The highest BCUT2D eigenvalue weighted by atomic mass is 19.1. The van der Waals surface area contributed by atoms with E-state index in [1.807, 2.05) is 0 Å². The Labute approximate surface area is 177 Å². The third-order valence-electron chi connectivity index (χ3n) is 4.67. The number of halogens is 1. The Bertz CT molecular complexity index is 1210. The molecular formula is C24H17FO6. The lowest BCUT2D eigenvalue weighted by molar-refractivity contribution is 0.0729. The van der Waals surface area contributed by atoms with Crippen LogP contribution < -0.4 is 18.9 Å². The fraction of sp³-hybridized carbons (Fsp3) is 0.0833. The number of hydrogen-bond donors (Lipinski definition) is 0. The van der Waals surface area contributed by atoms with Gasteiger partial charge in [0.05, 0.1) is 25.3 Å². The van der Waals surface area contributed by atoms with Crippen LogP contribution in [0, 0.1) is 5.82 Å². The maximum atomic E-state index is 13.8. The molecule has 6 nitrogen and oxygen atoms in total. The van der Waals surface area contributed by atoms with Crippen LogP contribution in [0.4, 0.5) is 4.39 Å². The largest absolute Gasteiger partial charge is 0.497 e. The molecule has 0 N–H and O–H groups in total. The SMILES string of the molecule is COc1ccc(/C=C2\Oc3cc(OC(=O)c4ccccc4F)ccc3C2=O)c(OC)c1. The van der Waals surface area contributed by atoms with Crippen molar-refractivity contribution in [1.82, 2.24) is 0 Å². The van der Waals surface area contributed by atoms with Gasteiger partial charge in [0.25, 0.3) is 0 Å². The van der Waals surface area contributed by atoms with E-state index in [0.717, 1.165) is 0 Å². The number of Topliss-reactive ketones (excluding diaryl/α,β-unsaturated/α-hetero) is 1. The van der Waals surface area contributed by atoms with Crippen molar-refractivity contribution in [3.8, 4) is 23.0 Å². The minimum absolute atomic E-state index is 0.0936. The van der Waals surface area contributed by atoms with Gasteiger partial charge in [0.1, 0.15) is 28.8 Å². The van der Waals surface area contributed by atoms with Gasteiger partial charge in [-0.25, -0.2) is 9.18 Å². The number of ketones is 1. The first-order valence-electron chi connectivity index (χ1n) is 9.27. The molecular weight excluding hydrogens is 403 g/mol. The van der Waals surface area contributed by atoms with Gasteiger partial charge in [0.2, 0.25) is 5.78 Å². The number of ether oxygens (including phenoxy) is 4. The lowest BCUT2D eigenvalue weighted by Crippen LogP contribution is -2.10. The fourth-order valence-electron chi connectivity index (χ4n) is 3.10. The number of carbonyl (C=O) groups is 2. The second kappa shape index (κ2) is 8.31.